The summed E-state index contributed by atoms with van der Waals surface area (Å²) < 4.78 is 13.4. The van der Waals surface area contributed by atoms with Crippen molar-refractivity contribution < 1.29 is 24.5 Å². The molecule has 94 valence electrons. The molecule has 0 amide bonds. The zero-order valence-corrected chi connectivity index (χ0v) is 9.77. The van der Waals surface area contributed by atoms with Crippen LogP contribution in [0.25, 0.3) is 0 Å². The van der Waals surface area contributed by atoms with Crippen LogP contribution in [-0.4, -0.2) is 33.1 Å². The van der Waals surface area contributed by atoms with Gasteiger partial charge < -0.3 is 15.3 Å². The molecule has 2 atom stereocenters. The van der Waals surface area contributed by atoms with E-state index in [0.29, 0.717) is 5.75 Å². The highest BCUT2D eigenvalue weighted by molar-refractivity contribution is 7.80. The van der Waals surface area contributed by atoms with Gasteiger partial charge in [-0.3, -0.25) is 0 Å². The van der Waals surface area contributed by atoms with Gasteiger partial charge in [0.15, 0.2) is 0 Å². The number of carboxylic acids is 1. The van der Waals surface area contributed by atoms with Crippen LogP contribution in [0, 0.1) is 5.82 Å². The van der Waals surface area contributed by atoms with Crippen LogP contribution in [0.5, 0.6) is 0 Å². The number of aliphatic hydroxyl groups excluding tert-OH is 2. The highest BCUT2D eigenvalue weighted by Gasteiger charge is 2.22. The molecule has 2 unspecified atom stereocenters. The Morgan fingerprint density at radius 3 is 2.59 bits per heavy atom. The van der Waals surface area contributed by atoms with Gasteiger partial charge in [0.1, 0.15) is 11.9 Å². The van der Waals surface area contributed by atoms with Crippen molar-refractivity contribution in [2.24, 2.45) is 0 Å². The van der Waals surface area contributed by atoms with Crippen molar-refractivity contribution in [1.82, 2.24) is 0 Å². The van der Waals surface area contributed by atoms with Crippen molar-refractivity contribution in [2.75, 3.05) is 5.75 Å². The Morgan fingerprint density at radius 1 is 1.41 bits per heavy atom. The number of aromatic carboxylic acids is 1. The molecule has 17 heavy (non-hydrogen) atoms. The number of benzene rings is 1. The summed E-state index contributed by atoms with van der Waals surface area (Å²) >= 11 is 3.89. The number of thiol groups is 1. The first-order valence-corrected chi connectivity index (χ1v) is 5.60. The summed E-state index contributed by atoms with van der Waals surface area (Å²) in [4.78, 5) is 10.7. The van der Waals surface area contributed by atoms with Crippen molar-refractivity contribution in [2.45, 2.75) is 18.6 Å². The molecule has 0 bridgehead atoms. The molecule has 0 aliphatic heterocycles. The first-order chi connectivity index (χ1) is 7.97. The lowest BCUT2D eigenvalue weighted by Crippen LogP contribution is -2.20. The van der Waals surface area contributed by atoms with Gasteiger partial charge in [-0.2, -0.15) is 12.6 Å². The first kappa shape index (κ1) is 14.0. The molecule has 0 heterocycles. The monoisotopic (exact) mass is 260 g/mol. The van der Waals surface area contributed by atoms with Gasteiger partial charge in [-0.05, 0) is 30.4 Å². The minimum atomic E-state index is -1.46. The van der Waals surface area contributed by atoms with Crippen LogP contribution in [0.3, 0.4) is 0 Å². The average molecular weight is 260 g/mol. The minimum Gasteiger partial charge on any atom is -0.478 e. The number of carboxylic acid groups (broad SMARTS) is 1. The van der Waals surface area contributed by atoms with E-state index in [1.165, 1.54) is 0 Å². The summed E-state index contributed by atoms with van der Waals surface area (Å²) in [6.45, 7) is 0. The molecule has 0 saturated heterocycles. The van der Waals surface area contributed by atoms with Crippen LogP contribution in [-0.2, 0) is 0 Å². The predicted octanol–water partition coefficient (Wildman–Crippen LogP) is 1.24. The standard InChI is InChI=1S/C11H13FO4S/c12-8-2-1-6(11(15)16)5-7(8)10(14)9(13)3-4-17/h1-2,5,9-10,13-14,17H,3-4H2,(H,15,16). The fourth-order valence-corrected chi connectivity index (χ4v) is 1.67. The summed E-state index contributed by atoms with van der Waals surface area (Å²) in [7, 11) is 0. The average Bonchev–Trinajstić information content (AvgIpc) is 2.28. The van der Waals surface area contributed by atoms with E-state index in [-0.39, 0.29) is 17.5 Å². The number of hydrogen-bond donors (Lipinski definition) is 4. The maximum Gasteiger partial charge on any atom is 0.335 e. The molecule has 0 fully saturated rings. The largest absolute Gasteiger partial charge is 0.478 e. The summed E-state index contributed by atoms with van der Waals surface area (Å²) in [6.07, 6.45) is -2.45. The zero-order chi connectivity index (χ0) is 13.0. The van der Waals surface area contributed by atoms with Crippen LogP contribution >= 0.6 is 12.6 Å². The van der Waals surface area contributed by atoms with Gasteiger partial charge in [0.2, 0.25) is 0 Å². The SMILES string of the molecule is O=C(O)c1ccc(F)c(C(O)C(O)CCS)c1. The van der Waals surface area contributed by atoms with Crippen LogP contribution in [0.1, 0.15) is 28.4 Å². The molecular weight excluding hydrogens is 247 g/mol. The Bertz CT molecular complexity index is 410. The summed E-state index contributed by atoms with van der Waals surface area (Å²) in [5.41, 5.74) is -0.363. The first-order valence-electron chi connectivity index (χ1n) is 4.97. The van der Waals surface area contributed by atoms with E-state index >= 15 is 0 Å². The summed E-state index contributed by atoms with van der Waals surface area (Å²) in [6, 6.07) is 3.07. The van der Waals surface area contributed by atoms with E-state index in [0.717, 1.165) is 18.2 Å². The second-order valence-corrected chi connectivity index (χ2v) is 4.01. The molecule has 1 rings (SSSR count). The summed E-state index contributed by atoms with van der Waals surface area (Å²) in [5, 5.41) is 27.9. The predicted molar refractivity (Wildman–Crippen MR) is 62.8 cm³/mol. The molecule has 0 aliphatic rings. The molecule has 0 radical (unpaired) electrons. The molecule has 0 aliphatic carbocycles. The minimum absolute atomic E-state index is 0.140. The molecule has 0 spiro atoms. The number of aliphatic hydroxyl groups is 2. The maximum atomic E-state index is 13.4. The van der Waals surface area contributed by atoms with Gasteiger partial charge in [0, 0.05) is 5.56 Å². The van der Waals surface area contributed by atoms with Crippen LogP contribution in [0.15, 0.2) is 18.2 Å². The van der Waals surface area contributed by atoms with E-state index in [9.17, 15) is 19.4 Å². The second kappa shape index (κ2) is 6.00. The third kappa shape index (κ3) is 3.42. The Kier molecular flexibility index (Phi) is 4.92. The normalized spacial score (nSPS) is 14.4. The van der Waals surface area contributed by atoms with Crippen LogP contribution in [0.4, 0.5) is 4.39 Å². The fourth-order valence-electron chi connectivity index (χ4n) is 1.40. The number of halogens is 1. The highest BCUT2D eigenvalue weighted by atomic mass is 32.1. The molecule has 1 aromatic rings. The van der Waals surface area contributed by atoms with Crippen LogP contribution < -0.4 is 0 Å². The third-order valence-corrected chi connectivity index (χ3v) is 2.61. The van der Waals surface area contributed by atoms with Gasteiger partial charge in [0.25, 0.3) is 0 Å². The number of hydrogen-bond acceptors (Lipinski definition) is 4. The Labute approximate surface area is 103 Å². The van der Waals surface area contributed by atoms with Crippen molar-refractivity contribution in [3.63, 3.8) is 0 Å². The Balaban J connectivity index is 3.03. The molecule has 1 aromatic carbocycles. The van der Waals surface area contributed by atoms with Crippen molar-refractivity contribution in [3.8, 4) is 0 Å². The molecule has 3 N–H and O–H groups in total. The lowest BCUT2D eigenvalue weighted by molar-refractivity contribution is 0.0151. The Hall–Kier alpha value is -1.11. The second-order valence-electron chi connectivity index (χ2n) is 3.57. The van der Waals surface area contributed by atoms with E-state index in [2.05, 4.69) is 12.6 Å². The van der Waals surface area contributed by atoms with Gasteiger partial charge in [-0.15, -0.1) is 0 Å². The number of rotatable bonds is 5. The van der Waals surface area contributed by atoms with Crippen molar-refractivity contribution in [1.29, 1.82) is 0 Å². The van der Waals surface area contributed by atoms with Gasteiger partial charge >= 0.3 is 5.97 Å². The topological polar surface area (TPSA) is 77.8 Å². The zero-order valence-electron chi connectivity index (χ0n) is 8.88. The van der Waals surface area contributed by atoms with E-state index in [1.54, 1.807) is 0 Å². The smallest absolute Gasteiger partial charge is 0.335 e. The van der Waals surface area contributed by atoms with E-state index in [1.807, 2.05) is 0 Å². The van der Waals surface area contributed by atoms with E-state index in [4.69, 9.17) is 5.11 Å². The Morgan fingerprint density at radius 2 is 2.06 bits per heavy atom. The van der Waals surface area contributed by atoms with Gasteiger partial charge in [-0.1, -0.05) is 0 Å². The lowest BCUT2D eigenvalue weighted by Gasteiger charge is -2.18. The summed E-state index contributed by atoms with van der Waals surface area (Å²) in [5.74, 6) is -1.64. The fraction of sp³-hybridized carbons (Fsp3) is 0.364. The molecule has 0 saturated carbocycles. The van der Waals surface area contributed by atoms with Crippen molar-refractivity contribution in [3.05, 3.63) is 35.1 Å². The molecule has 6 heteroatoms. The van der Waals surface area contributed by atoms with E-state index < -0.39 is 24.0 Å². The van der Waals surface area contributed by atoms with Gasteiger partial charge in [0.05, 0.1) is 11.7 Å². The van der Waals surface area contributed by atoms with Gasteiger partial charge in [-0.25, -0.2) is 9.18 Å². The molecule has 0 aromatic heterocycles. The molecular formula is C11H13FO4S. The van der Waals surface area contributed by atoms with Crippen molar-refractivity contribution >= 4 is 18.6 Å². The third-order valence-electron chi connectivity index (χ3n) is 2.35. The lowest BCUT2D eigenvalue weighted by atomic mass is 10.00. The number of carbonyl (C=O) groups is 1. The maximum absolute atomic E-state index is 13.4. The highest BCUT2D eigenvalue weighted by Crippen LogP contribution is 2.23. The molecule has 4 nitrogen and oxygen atoms in total. The quantitative estimate of drug-likeness (QED) is 0.601. The van der Waals surface area contributed by atoms with Crippen LogP contribution in [0.2, 0.25) is 0 Å².